The molecular formula is C11H15NO4. The molecule has 0 aliphatic rings. The fraction of sp³-hybridized carbons (Fsp3) is 0.364. The van der Waals surface area contributed by atoms with Crippen LogP contribution in [0.1, 0.15) is 0 Å². The Morgan fingerprint density at radius 3 is 2.38 bits per heavy atom. The maximum absolute atomic E-state index is 7.29. The highest BCUT2D eigenvalue weighted by Gasteiger charge is 2.11. The van der Waals surface area contributed by atoms with Gasteiger partial charge in [0, 0.05) is 0 Å². The van der Waals surface area contributed by atoms with Gasteiger partial charge in [0.15, 0.2) is 18.1 Å². The Morgan fingerprint density at radius 2 is 1.81 bits per heavy atom. The topological polar surface area (TPSA) is 60.8 Å². The molecule has 0 aliphatic carbocycles. The predicted molar refractivity (Wildman–Crippen MR) is 59.8 cm³/mol. The van der Waals surface area contributed by atoms with Crippen molar-refractivity contribution in [3.05, 3.63) is 18.2 Å². The molecule has 0 heterocycles. The summed E-state index contributed by atoms with van der Waals surface area (Å²) in [6, 6.07) is 5.30. The number of benzene rings is 1. The van der Waals surface area contributed by atoms with Gasteiger partial charge in [0.2, 0.25) is 11.6 Å². The molecule has 0 saturated heterocycles. The van der Waals surface area contributed by atoms with Crippen LogP contribution in [-0.2, 0) is 4.74 Å². The van der Waals surface area contributed by atoms with Gasteiger partial charge in [-0.2, -0.15) is 0 Å². The van der Waals surface area contributed by atoms with E-state index in [0.29, 0.717) is 17.2 Å². The smallest absolute Gasteiger partial charge is 0.219 e. The van der Waals surface area contributed by atoms with Crippen LogP contribution in [0, 0.1) is 5.41 Å². The van der Waals surface area contributed by atoms with Gasteiger partial charge >= 0.3 is 0 Å². The minimum Gasteiger partial charge on any atom is -0.493 e. The second-order valence-corrected chi connectivity index (χ2v) is 2.91. The summed E-state index contributed by atoms with van der Waals surface area (Å²) in [4.78, 5) is 0. The van der Waals surface area contributed by atoms with Crippen molar-refractivity contribution in [1.82, 2.24) is 0 Å². The zero-order valence-electron chi connectivity index (χ0n) is 9.57. The van der Waals surface area contributed by atoms with Crippen LogP contribution in [0.4, 0.5) is 0 Å². The third kappa shape index (κ3) is 2.79. The summed E-state index contributed by atoms with van der Waals surface area (Å²) in [6.07, 6.45) is 0. The number of para-hydroxylation sites is 1. The number of hydrogen-bond acceptors (Lipinski definition) is 5. The molecule has 1 aromatic carbocycles. The molecule has 0 bridgehead atoms. The molecule has 5 nitrogen and oxygen atoms in total. The van der Waals surface area contributed by atoms with Crippen LogP contribution in [0.5, 0.6) is 17.2 Å². The van der Waals surface area contributed by atoms with Gasteiger partial charge in [0.05, 0.1) is 21.3 Å². The Balaban J connectivity index is 2.82. The van der Waals surface area contributed by atoms with Crippen molar-refractivity contribution >= 4 is 5.90 Å². The molecule has 0 fully saturated rings. The van der Waals surface area contributed by atoms with Crippen LogP contribution in [0.3, 0.4) is 0 Å². The van der Waals surface area contributed by atoms with E-state index in [2.05, 4.69) is 4.74 Å². The first-order valence-electron chi connectivity index (χ1n) is 4.68. The standard InChI is InChI=1S/C11H15NO4/c1-13-8-5-4-6-9(11(8)15-3)16-7-10(12)14-2/h4-6,12H,7H2,1-3H3. The molecule has 0 atom stereocenters. The highest BCUT2D eigenvalue weighted by Crippen LogP contribution is 2.36. The summed E-state index contributed by atoms with van der Waals surface area (Å²) in [7, 11) is 4.51. The molecule has 88 valence electrons. The number of ether oxygens (including phenoxy) is 4. The summed E-state index contributed by atoms with van der Waals surface area (Å²) in [5.41, 5.74) is 0. The first kappa shape index (κ1) is 12.2. The van der Waals surface area contributed by atoms with Gasteiger partial charge < -0.3 is 18.9 Å². The lowest BCUT2D eigenvalue weighted by atomic mass is 10.3. The van der Waals surface area contributed by atoms with Gasteiger partial charge in [0.25, 0.3) is 0 Å². The number of methoxy groups -OCH3 is 3. The minimum absolute atomic E-state index is 0.0462. The molecule has 0 amide bonds. The fourth-order valence-electron chi connectivity index (χ4n) is 1.17. The first-order valence-corrected chi connectivity index (χ1v) is 4.68. The Labute approximate surface area is 94.4 Å². The van der Waals surface area contributed by atoms with Crippen molar-refractivity contribution in [1.29, 1.82) is 5.41 Å². The Hall–Kier alpha value is -1.91. The van der Waals surface area contributed by atoms with Crippen LogP contribution in [0.2, 0.25) is 0 Å². The molecule has 0 unspecified atom stereocenters. The summed E-state index contributed by atoms with van der Waals surface area (Å²) in [5, 5.41) is 7.29. The lowest BCUT2D eigenvalue weighted by Gasteiger charge is -2.13. The van der Waals surface area contributed by atoms with E-state index in [1.165, 1.54) is 14.2 Å². The molecule has 1 N–H and O–H groups in total. The molecule has 0 radical (unpaired) electrons. The van der Waals surface area contributed by atoms with Crippen LogP contribution >= 0.6 is 0 Å². The summed E-state index contributed by atoms with van der Waals surface area (Å²) in [6.45, 7) is 0.0556. The molecule has 0 aromatic heterocycles. The van der Waals surface area contributed by atoms with E-state index in [1.54, 1.807) is 25.3 Å². The molecule has 0 spiro atoms. The second-order valence-electron chi connectivity index (χ2n) is 2.91. The van der Waals surface area contributed by atoms with Crippen molar-refractivity contribution in [2.45, 2.75) is 0 Å². The average Bonchev–Trinajstić information content (AvgIpc) is 2.34. The number of nitrogens with one attached hydrogen (secondary N) is 1. The van der Waals surface area contributed by atoms with Gasteiger partial charge in [-0.25, -0.2) is 0 Å². The highest BCUT2D eigenvalue weighted by molar-refractivity contribution is 5.74. The second kappa shape index (κ2) is 5.85. The molecule has 16 heavy (non-hydrogen) atoms. The van der Waals surface area contributed by atoms with Crippen LogP contribution < -0.4 is 14.2 Å². The quantitative estimate of drug-likeness (QED) is 0.612. The van der Waals surface area contributed by atoms with Gasteiger partial charge in [-0.15, -0.1) is 0 Å². The van der Waals surface area contributed by atoms with E-state index < -0.39 is 0 Å². The molecule has 1 aromatic rings. The van der Waals surface area contributed by atoms with Gasteiger partial charge in [-0.3, -0.25) is 5.41 Å². The lowest BCUT2D eigenvalue weighted by molar-refractivity contribution is 0.286. The lowest BCUT2D eigenvalue weighted by Crippen LogP contribution is -2.12. The number of hydrogen-bond donors (Lipinski definition) is 1. The SMILES string of the molecule is COC(=N)COc1cccc(OC)c1OC. The van der Waals surface area contributed by atoms with Crippen molar-refractivity contribution in [2.75, 3.05) is 27.9 Å². The van der Waals surface area contributed by atoms with Crippen molar-refractivity contribution in [2.24, 2.45) is 0 Å². The van der Waals surface area contributed by atoms with E-state index in [0.717, 1.165) is 0 Å². The van der Waals surface area contributed by atoms with Crippen LogP contribution in [-0.4, -0.2) is 33.8 Å². The minimum atomic E-state index is 0.0462. The van der Waals surface area contributed by atoms with E-state index in [1.807, 2.05) is 0 Å². The zero-order chi connectivity index (χ0) is 12.0. The Bertz CT molecular complexity index is 365. The average molecular weight is 225 g/mol. The van der Waals surface area contributed by atoms with E-state index in [9.17, 15) is 0 Å². The predicted octanol–water partition coefficient (Wildman–Crippen LogP) is 1.71. The molecule has 5 heteroatoms. The highest BCUT2D eigenvalue weighted by atomic mass is 16.5. The maximum Gasteiger partial charge on any atom is 0.219 e. The van der Waals surface area contributed by atoms with Crippen LogP contribution in [0.15, 0.2) is 18.2 Å². The third-order valence-corrected chi connectivity index (χ3v) is 1.97. The summed E-state index contributed by atoms with van der Waals surface area (Å²) < 4.78 is 20.3. The van der Waals surface area contributed by atoms with Crippen LogP contribution in [0.25, 0.3) is 0 Å². The van der Waals surface area contributed by atoms with E-state index >= 15 is 0 Å². The normalized spacial score (nSPS) is 9.44. The molecule has 0 aliphatic heterocycles. The largest absolute Gasteiger partial charge is 0.493 e. The van der Waals surface area contributed by atoms with Crippen molar-refractivity contribution in [3.63, 3.8) is 0 Å². The maximum atomic E-state index is 7.29. The summed E-state index contributed by atoms with van der Waals surface area (Å²) in [5.74, 6) is 1.66. The van der Waals surface area contributed by atoms with E-state index in [-0.39, 0.29) is 12.5 Å². The van der Waals surface area contributed by atoms with E-state index in [4.69, 9.17) is 19.6 Å². The number of rotatable bonds is 5. The third-order valence-electron chi connectivity index (χ3n) is 1.97. The molecule has 1 rings (SSSR count). The zero-order valence-corrected chi connectivity index (χ0v) is 9.57. The van der Waals surface area contributed by atoms with Gasteiger partial charge in [-0.05, 0) is 12.1 Å². The van der Waals surface area contributed by atoms with Gasteiger partial charge in [-0.1, -0.05) is 6.07 Å². The van der Waals surface area contributed by atoms with Gasteiger partial charge in [0.1, 0.15) is 0 Å². The monoisotopic (exact) mass is 225 g/mol. The first-order chi connectivity index (χ1) is 7.72. The fourth-order valence-corrected chi connectivity index (χ4v) is 1.17. The molecular weight excluding hydrogens is 210 g/mol. The van der Waals surface area contributed by atoms with Crippen molar-refractivity contribution in [3.8, 4) is 17.2 Å². The molecule has 0 saturated carbocycles. The Morgan fingerprint density at radius 1 is 1.12 bits per heavy atom. The Kier molecular flexibility index (Phi) is 4.44. The van der Waals surface area contributed by atoms with Crippen molar-refractivity contribution < 1.29 is 18.9 Å². The summed E-state index contributed by atoms with van der Waals surface area (Å²) >= 11 is 0.